The zero-order chi connectivity index (χ0) is 12.8. The second-order valence-electron chi connectivity index (χ2n) is 3.24. The number of pyridine rings is 1. The molecule has 0 amide bonds. The molecule has 17 heavy (non-hydrogen) atoms. The van der Waals surface area contributed by atoms with Crippen LogP contribution < -0.4 is 0 Å². The molecule has 1 rings (SSSR count). The van der Waals surface area contributed by atoms with Crippen molar-refractivity contribution in [2.24, 2.45) is 0 Å². The quantitative estimate of drug-likeness (QED) is 0.548. The number of aldehydes is 1. The van der Waals surface area contributed by atoms with Gasteiger partial charge in [-0.3, -0.25) is 9.78 Å². The summed E-state index contributed by atoms with van der Waals surface area (Å²) in [7, 11) is 0. The first-order valence-electron chi connectivity index (χ1n) is 5.04. The van der Waals surface area contributed by atoms with Crippen molar-refractivity contribution < 1.29 is 24.5 Å². The second kappa shape index (κ2) is 6.07. The lowest BCUT2D eigenvalue weighted by molar-refractivity contribution is -0.159. The van der Waals surface area contributed by atoms with Gasteiger partial charge in [0.05, 0.1) is 12.3 Å². The first-order chi connectivity index (χ1) is 8.11. The highest BCUT2D eigenvalue weighted by molar-refractivity contribution is 5.79. The smallest absolute Gasteiger partial charge is 0.338 e. The Balaban J connectivity index is 2.91. The highest BCUT2D eigenvalue weighted by Crippen LogP contribution is 2.18. The van der Waals surface area contributed by atoms with Gasteiger partial charge in [-0.1, -0.05) is 0 Å². The fourth-order valence-corrected chi connectivity index (χ4v) is 1.28. The molecule has 1 aromatic heterocycles. The van der Waals surface area contributed by atoms with Crippen LogP contribution in [-0.2, 0) is 9.53 Å². The van der Waals surface area contributed by atoms with Gasteiger partial charge in [0, 0.05) is 11.8 Å². The maximum atomic E-state index is 11.2. The van der Waals surface area contributed by atoms with Crippen molar-refractivity contribution in [2.75, 3.05) is 6.61 Å². The number of carbonyl (C=O) groups is 2. The Kier molecular flexibility index (Phi) is 4.74. The molecule has 0 spiro atoms. The maximum absolute atomic E-state index is 11.2. The maximum Gasteiger partial charge on any atom is 0.338 e. The number of hydrogen-bond donors (Lipinski definition) is 2. The van der Waals surface area contributed by atoms with Gasteiger partial charge in [-0.05, 0) is 19.1 Å². The van der Waals surface area contributed by atoms with Gasteiger partial charge in [-0.25, -0.2) is 4.79 Å². The Hall–Kier alpha value is -1.79. The van der Waals surface area contributed by atoms with Gasteiger partial charge in [0.2, 0.25) is 0 Å². The minimum atomic E-state index is -1.76. The summed E-state index contributed by atoms with van der Waals surface area (Å²) in [5.41, 5.74) is 0.0615. The third kappa shape index (κ3) is 3.08. The van der Waals surface area contributed by atoms with Crippen LogP contribution in [0.2, 0.25) is 0 Å². The standard InChI is InChI=1S/C11H13NO5/c1-2-17-11(16)10(15)9(14)8-7(6-13)4-3-5-12-8/h3-6,9-10,14-15H,2H2,1H3. The molecule has 0 fully saturated rings. The van der Waals surface area contributed by atoms with Crippen molar-refractivity contribution in [1.82, 2.24) is 4.98 Å². The summed E-state index contributed by atoms with van der Waals surface area (Å²) in [4.78, 5) is 25.7. The molecular formula is C11H13NO5. The Morgan fingerprint density at radius 3 is 2.88 bits per heavy atom. The van der Waals surface area contributed by atoms with E-state index >= 15 is 0 Å². The topological polar surface area (TPSA) is 96.7 Å². The van der Waals surface area contributed by atoms with Crippen molar-refractivity contribution in [1.29, 1.82) is 0 Å². The average molecular weight is 239 g/mol. The predicted octanol–water partition coefficient (Wildman–Crippen LogP) is -0.149. The van der Waals surface area contributed by atoms with Crippen LogP contribution >= 0.6 is 0 Å². The van der Waals surface area contributed by atoms with E-state index in [0.29, 0.717) is 6.29 Å². The lowest BCUT2D eigenvalue weighted by Crippen LogP contribution is -2.31. The van der Waals surface area contributed by atoms with E-state index in [0.717, 1.165) is 0 Å². The fourth-order valence-electron chi connectivity index (χ4n) is 1.28. The van der Waals surface area contributed by atoms with Crippen LogP contribution in [0.4, 0.5) is 0 Å². The third-order valence-electron chi connectivity index (χ3n) is 2.11. The van der Waals surface area contributed by atoms with Crippen LogP contribution in [-0.4, -0.2) is 40.2 Å². The fraction of sp³-hybridized carbons (Fsp3) is 0.364. The zero-order valence-corrected chi connectivity index (χ0v) is 9.24. The van der Waals surface area contributed by atoms with E-state index < -0.39 is 18.2 Å². The van der Waals surface area contributed by atoms with Crippen molar-refractivity contribution in [3.05, 3.63) is 29.6 Å². The van der Waals surface area contributed by atoms with Crippen molar-refractivity contribution in [3.63, 3.8) is 0 Å². The summed E-state index contributed by atoms with van der Waals surface area (Å²) in [5, 5.41) is 19.2. The van der Waals surface area contributed by atoms with Crippen LogP contribution in [0.5, 0.6) is 0 Å². The van der Waals surface area contributed by atoms with E-state index in [1.807, 2.05) is 0 Å². The summed E-state index contributed by atoms with van der Waals surface area (Å²) in [6.07, 6.45) is -1.51. The molecule has 0 saturated carbocycles. The molecule has 1 heterocycles. The van der Waals surface area contributed by atoms with E-state index in [9.17, 15) is 19.8 Å². The lowest BCUT2D eigenvalue weighted by atomic mass is 10.1. The number of hydrogen-bond acceptors (Lipinski definition) is 6. The first kappa shape index (κ1) is 13.3. The SMILES string of the molecule is CCOC(=O)C(O)C(O)c1ncccc1C=O. The number of ether oxygens (including phenoxy) is 1. The third-order valence-corrected chi connectivity index (χ3v) is 2.11. The molecule has 2 unspecified atom stereocenters. The monoisotopic (exact) mass is 239 g/mol. The molecule has 1 aromatic rings. The number of rotatable bonds is 5. The van der Waals surface area contributed by atoms with Gasteiger partial charge in [0.25, 0.3) is 0 Å². The second-order valence-corrected chi connectivity index (χ2v) is 3.24. The van der Waals surface area contributed by atoms with Crippen molar-refractivity contribution in [2.45, 2.75) is 19.1 Å². The minimum absolute atomic E-state index is 0.0527. The van der Waals surface area contributed by atoms with Crippen LogP contribution in [0.1, 0.15) is 29.1 Å². The van der Waals surface area contributed by atoms with Crippen LogP contribution in [0, 0.1) is 0 Å². The van der Waals surface area contributed by atoms with Gasteiger partial charge in [-0.15, -0.1) is 0 Å². The molecular weight excluding hydrogens is 226 g/mol. The molecule has 2 atom stereocenters. The summed E-state index contributed by atoms with van der Waals surface area (Å²) in [6, 6.07) is 2.94. The molecule has 2 N–H and O–H groups in total. The Bertz CT molecular complexity index is 407. The Labute approximate surface area is 97.9 Å². The van der Waals surface area contributed by atoms with Crippen LogP contribution in [0.25, 0.3) is 0 Å². The number of aliphatic hydroxyl groups is 2. The Morgan fingerprint density at radius 2 is 2.29 bits per heavy atom. The summed E-state index contributed by atoms with van der Waals surface area (Å²) >= 11 is 0. The van der Waals surface area contributed by atoms with Crippen molar-refractivity contribution >= 4 is 12.3 Å². The number of nitrogens with zero attached hydrogens (tertiary/aromatic N) is 1. The van der Waals surface area contributed by atoms with E-state index in [1.54, 1.807) is 6.92 Å². The minimum Gasteiger partial charge on any atom is -0.464 e. The van der Waals surface area contributed by atoms with Gasteiger partial charge < -0.3 is 14.9 Å². The van der Waals surface area contributed by atoms with Crippen molar-refractivity contribution in [3.8, 4) is 0 Å². The van der Waals surface area contributed by atoms with Crippen LogP contribution in [0.15, 0.2) is 18.3 Å². The summed E-state index contributed by atoms with van der Waals surface area (Å²) in [6.45, 7) is 1.67. The molecule has 0 aromatic carbocycles. The molecule has 0 bridgehead atoms. The lowest BCUT2D eigenvalue weighted by Gasteiger charge is -2.16. The summed E-state index contributed by atoms with van der Waals surface area (Å²) in [5.74, 6) is -0.956. The largest absolute Gasteiger partial charge is 0.464 e. The number of aliphatic hydroxyl groups excluding tert-OH is 2. The number of esters is 1. The highest BCUT2D eigenvalue weighted by atomic mass is 16.5. The number of aromatic nitrogens is 1. The Morgan fingerprint density at radius 1 is 1.59 bits per heavy atom. The molecule has 0 aliphatic rings. The number of carbonyl (C=O) groups excluding carboxylic acids is 2. The van der Waals surface area contributed by atoms with E-state index in [1.165, 1.54) is 18.3 Å². The first-order valence-corrected chi connectivity index (χ1v) is 5.04. The molecule has 0 aliphatic heterocycles. The molecule has 0 saturated heterocycles. The van der Waals surface area contributed by atoms with Gasteiger partial charge in [-0.2, -0.15) is 0 Å². The zero-order valence-electron chi connectivity index (χ0n) is 9.24. The van der Waals surface area contributed by atoms with Crippen LogP contribution in [0.3, 0.4) is 0 Å². The molecule has 92 valence electrons. The predicted molar refractivity (Wildman–Crippen MR) is 57.2 cm³/mol. The molecule has 0 radical (unpaired) electrons. The molecule has 0 aliphatic carbocycles. The van der Waals surface area contributed by atoms with Gasteiger partial charge in [0.1, 0.15) is 6.10 Å². The highest BCUT2D eigenvalue weighted by Gasteiger charge is 2.29. The molecule has 6 heteroatoms. The van der Waals surface area contributed by atoms with Gasteiger partial charge >= 0.3 is 5.97 Å². The average Bonchev–Trinajstić information content (AvgIpc) is 2.37. The molecule has 6 nitrogen and oxygen atoms in total. The van der Waals surface area contributed by atoms with E-state index in [2.05, 4.69) is 9.72 Å². The summed E-state index contributed by atoms with van der Waals surface area (Å²) < 4.78 is 4.55. The van der Waals surface area contributed by atoms with E-state index in [-0.39, 0.29) is 17.9 Å². The normalized spacial score (nSPS) is 13.8. The van der Waals surface area contributed by atoms with Gasteiger partial charge in [0.15, 0.2) is 12.4 Å². The van der Waals surface area contributed by atoms with E-state index in [4.69, 9.17) is 0 Å².